The first-order chi connectivity index (χ1) is 15.5. The van der Waals surface area contributed by atoms with Crippen molar-refractivity contribution < 1.29 is 18.0 Å². The van der Waals surface area contributed by atoms with Gasteiger partial charge in [0.2, 0.25) is 21.8 Å². The fraction of sp³-hybridized carbons (Fsp3) is 0.417. The summed E-state index contributed by atoms with van der Waals surface area (Å²) < 4.78 is 26.0. The highest BCUT2D eigenvalue weighted by molar-refractivity contribution is 7.92. The Morgan fingerprint density at radius 3 is 2.30 bits per heavy atom. The first kappa shape index (κ1) is 26.7. The van der Waals surface area contributed by atoms with Gasteiger partial charge in [0.15, 0.2) is 0 Å². The highest BCUT2D eigenvalue weighted by Gasteiger charge is 2.30. The molecule has 1 atom stereocenters. The maximum atomic E-state index is 13.4. The lowest BCUT2D eigenvalue weighted by Crippen LogP contribution is -2.51. The van der Waals surface area contributed by atoms with Crippen LogP contribution in [0.15, 0.2) is 48.5 Å². The van der Waals surface area contributed by atoms with Crippen LogP contribution in [0.25, 0.3) is 0 Å². The minimum absolute atomic E-state index is 0.168. The maximum absolute atomic E-state index is 13.4. The Bertz CT molecular complexity index is 1060. The molecule has 2 amide bonds. The molecule has 0 unspecified atom stereocenters. The summed E-state index contributed by atoms with van der Waals surface area (Å²) in [6.45, 7) is 5.85. The number of rotatable bonds is 11. The lowest BCUT2D eigenvalue weighted by molar-refractivity contribution is -0.139. The summed E-state index contributed by atoms with van der Waals surface area (Å²) in [5.41, 5.74) is 2.13. The molecule has 0 fully saturated rings. The number of halogens is 1. The van der Waals surface area contributed by atoms with Crippen molar-refractivity contribution in [1.82, 2.24) is 10.2 Å². The molecule has 180 valence electrons. The van der Waals surface area contributed by atoms with Crippen molar-refractivity contribution in [1.29, 1.82) is 0 Å². The summed E-state index contributed by atoms with van der Waals surface area (Å²) in [5.74, 6) is -0.786. The number of unbranched alkanes of at least 4 members (excludes halogenated alkanes) is 1. The number of carbonyl (C=O) groups is 2. The Kier molecular flexibility index (Phi) is 9.73. The second-order valence-electron chi connectivity index (χ2n) is 8.05. The molecule has 0 heterocycles. The van der Waals surface area contributed by atoms with Crippen molar-refractivity contribution in [2.75, 3.05) is 23.7 Å². The summed E-state index contributed by atoms with van der Waals surface area (Å²) >= 11 is 6.22. The van der Waals surface area contributed by atoms with E-state index in [1.165, 1.54) is 4.90 Å². The van der Waals surface area contributed by atoms with Crippen LogP contribution in [0.2, 0.25) is 5.02 Å². The van der Waals surface area contributed by atoms with Crippen LogP contribution in [-0.4, -0.2) is 50.5 Å². The molecule has 1 N–H and O–H groups in total. The zero-order valence-electron chi connectivity index (χ0n) is 19.5. The number of para-hydroxylation sites is 1. The van der Waals surface area contributed by atoms with Gasteiger partial charge >= 0.3 is 0 Å². The molecule has 0 radical (unpaired) electrons. The van der Waals surface area contributed by atoms with Crippen LogP contribution in [0.3, 0.4) is 0 Å². The van der Waals surface area contributed by atoms with Gasteiger partial charge in [-0.3, -0.25) is 13.9 Å². The molecule has 0 bridgehead atoms. The molecular weight excluding hydrogens is 462 g/mol. The van der Waals surface area contributed by atoms with E-state index in [4.69, 9.17) is 11.6 Å². The van der Waals surface area contributed by atoms with Crippen LogP contribution in [0, 0.1) is 6.92 Å². The molecule has 2 aromatic carbocycles. The Morgan fingerprint density at radius 1 is 1.09 bits per heavy atom. The van der Waals surface area contributed by atoms with E-state index in [0.29, 0.717) is 6.54 Å². The molecular formula is C24H32ClN3O4S. The van der Waals surface area contributed by atoms with Crippen LogP contribution in [0.4, 0.5) is 5.69 Å². The predicted molar refractivity (Wildman–Crippen MR) is 133 cm³/mol. The van der Waals surface area contributed by atoms with Gasteiger partial charge in [-0.25, -0.2) is 8.42 Å². The van der Waals surface area contributed by atoms with Crippen molar-refractivity contribution >= 4 is 39.1 Å². The van der Waals surface area contributed by atoms with E-state index in [-0.39, 0.29) is 23.2 Å². The van der Waals surface area contributed by atoms with Crippen LogP contribution in [-0.2, 0) is 26.2 Å². The molecule has 9 heteroatoms. The smallest absolute Gasteiger partial charge is 0.244 e. The largest absolute Gasteiger partial charge is 0.354 e. The van der Waals surface area contributed by atoms with Gasteiger partial charge in [-0.05, 0) is 38.0 Å². The van der Waals surface area contributed by atoms with Gasteiger partial charge in [0.05, 0.1) is 17.0 Å². The number of hydrogen-bond donors (Lipinski definition) is 1. The molecule has 7 nitrogen and oxygen atoms in total. The summed E-state index contributed by atoms with van der Waals surface area (Å²) in [4.78, 5) is 27.6. The fourth-order valence-corrected chi connectivity index (χ4v) is 4.41. The SMILES string of the molecule is CCCCNC(=O)[C@H](C)N(Cc1ccc(C)cc1)C(=O)CN(c1ccccc1Cl)S(C)(=O)=O. The van der Waals surface area contributed by atoms with Crippen molar-refractivity contribution in [3.05, 3.63) is 64.7 Å². The highest BCUT2D eigenvalue weighted by atomic mass is 35.5. The molecule has 0 aliphatic heterocycles. The van der Waals surface area contributed by atoms with Crippen molar-refractivity contribution in [2.24, 2.45) is 0 Å². The minimum atomic E-state index is -3.81. The van der Waals surface area contributed by atoms with Crippen molar-refractivity contribution in [3.8, 4) is 0 Å². The van der Waals surface area contributed by atoms with Crippen LogP contribution in [0.1, 0.15) is 37.8 Å². The van der Waals surface area contributed by atoms with Gasteiger partial charge in [-0.15, -0.1) is 0 Å². The van der Waals surface area contributed by atoms with Crippen molar-refractivity contribution in [2.45, 2.75) is 46.2 Å². The van der Waals surface area contributed by atoms with Crippen LogP contribution >= 0.6 is 11.6 Å². The third-order valence-electron chi connectivity index (χ3n) is 5.27. The van der Waals surface area contributed by atoms with Gasteiger partial charge in [-0.2, -0.15) is 0 Å². The number of anilines is 1. The van der Waals surface area contributed by atoms with Crippen LogP contribution in [0.5, 0.6) is 0 Å². The molecule has 0 spiro atoms. The first-order valence-electron chi connectivity index (χ1n) is 10.9. The average molecular weight is 494 g/mol. The van der Waals surface area contributed by atoms with Gasteiger partial charge in [0, 0.05) is 13.1 Å². The van der Waals surface area contributed by atoms with E-state index in [0.717, 1.165) is 34.5 Å². The number of amides is 2. The topological polar surface area (TPSA) is 86.8 Å². The minimum Gasteiger partial charge on any atom is -0.354 e. The highest BCUT2D eigenvalue weighted by Crippen LogP contribution is 2.27. The lowest BCUT2D eigenvalue weighted by atomic mass is 10.1. The third kappa shape index (κ3) is 7.75. The number of sulfonamides is 1. The molecule has 0 saturated carbocycles. The standard InChI is InChI=1S/C24H32ClN3O4S/c1-5-6-15-26-24(30)19(3)27(16-20-13-11-18(2)12-14-20)23(29)17-28(33(4,31)32)22-10-8-7-9-21(22)25/h7-14,19H,5-6,15-17H2,1-4H3,(H,26,30)/t19-/m0/s1. The fourth-order valence-electron chi connectivity index (χ4n) is 3.26. The van der Waals surface area contributed by atoms with Crippen molar-refractivity contribution in [3.63, 3.8) is 0 Å². The Labute approximate surface area is 201 Å². The summed E-state index contributed by atoms with van der Waals surface area (Å²) in [6.07, 6.45) is 2.79. The van der Waals surface area contributed by atoms with Gasteiger partial charge in [0.1, 0.15) is 12.6 Å². The van der Waals surface area contributed by atoms with Crippen LogP contribution < -0.4 is 9.62 Å². The van der Waals surface area contributed by atoms with Gasteiger partial charge < -0.3 is 10.2 Å². The number of benzene rings is 2. The van der Waals surface area contributed by atoms with Gasteiger partial charge in [0.25, 0.3) is 0 Å². The first-order valence-corrected chi connectivity index (χ1v) is 13.1. The summed E-state index contributed by atoms with van der Waals surface area (Å²) in [6, 6.07) is 13.3. The molecule has 2 aromatic rings. The van der Waals surface area contributed by atoms with E-state index < -0.39 is 28.5 Å². The zero-order valence-corrected chi connectivity index (χ0v) is 21.1. The Balaban J connectivity index is 2.34. The third-order valence-corrected chi connectivity index (χ3v) is 6.72. The molecule has 0 aliphatic rings. The predicted octanol–water partition coefficient (Wildman–Crippen LogP) is 3.75. The number of nitrogens with zero attached hydrogens (tertiary/aromatic N) is 2. The number of carbonyl (C=O) groups excluding carboxylic acids is 2. The molecule has 0 saturated heterocycles. The molecule has 33 heavy (non-hydrogen) atoms. The number of hydrogen-bond acceptors (Lipinski definition) is 4. The monoisotopic (exact) mass is 493 g/mol. The summed E-state index contributed by atoms with van der Waals surface area (Å²) in [5, 5.41) is 3.07. The van der Waals surface area contributed by atoms with E-state index in [2.05, 4.69) is 5.32 Å². The second-order valence-corrected chi connectivity index (χ2v) is 10.4. The number of nitrogens with one attached hydrogen (secondary N) is 1. The van der Waals surface area contributed by atoms with E-state index in [1.54, 1.807) is 31.2 Å². The quantitative estimate of drug-likeness (QED) is 0.483. The summed E-state index contributed by atoms with van der Waals surface area (Å²) in [7, 11) is -3.81. The van der Waals surface area contributed by atoms with E-state index in [9.17, 15) is 18.0 Å². The molecule has 0 aromatic heterocycles. The zero-order chi connectivity index (χ0) is 24.6. The Hall–Kier alpha value is -2.58. The van der Waals surface area contributed by atoms with E-state index in [1.807, 2.05) is 38.1 Å². The maximum Gasteiger partial charge on any atom is 0.244 e. The normalized spacial score (nSPS) is 12.2. The van der Waals surface area contributed by atoms with Gasteiger partial charge in [-0.1, -0.05) is 66.9 Å². The molecule has 0 aliphatic carbocycles. The second kappa shape index (κ2) is 12.0. The number of aryl methyl sites for hydroxylation is 1. The molecule has 2 rings (SSSR count). The Morgan fingerprint density at radius 2 is 1.73 bits per heavy atom. The van der Waals surface area contributed by atoms with E-state index >= 15 is 0 Å². The average Bonchev–Trinajstić information content (AvgIpc) is 2.76. The lowest BCUT2D eigenvalue weighted by Gasteiger charge is -2.31.